The van der Waals surface area contributed by atoms with Crippen LogP contribution in [0.1, 0.15) is 24.1 Å². The Morgan fingerprint density at radius 1 is 0.964 bits per heavy atom. The maximum Gasteiger partial charge on any atom is 0.227 e. The van der Waals surface area contributed by atoms with E-state index in [-0.39, 0.29) is 0 Å². The summed E-state index contributed by atoms with van der Waals surface area (Å²) in [6, 6.07) is 12.9. The van der Waals surface area contributed by atoms with E-state index in [2.05, 4.69) is 51.2 Å². The molecule has 0 spiro atoms. The summed E-state index contributed by atoms with van der Waals surface area (Å²) in [5, 5.41) is 0. The van der Waals surface area contributed by atoms with Crippen LogP contribution in [0.5, 0.6) is 0 Å². The molecule has 2 aliphatic heterocycles. The van der Waals surface area contributed by atoms with Crippen molar-refractivity contribution in [2.24, 2.45) is 5.92 Å². The molecule has 4 rings (SSSR count). The third-order valence-corrected chi connectivity index (χ3v) is 5.88. The fourth-order valence-corrected chi connectivity index (χ4v) is 4.18. The molecular formula is C22H29N5O. The zero-order chi connectivity index (χ0) is 19.3. The summed E-state index contributed by atoms with van der Waals surface area (Å²) in [6.45, 7) is 7.20. The smallest absolute Gasteiger partial charge is 0.227 e. The average molecular weight is 380 g/mol. The number of nitrogens with zero attached hydrogens (tertiary/aromatic N) is 5. The highest BCUT2D eigenvalue weighted by Gasteiger charge is 2.23. The molecule has 0 radical (unpaired) electrons. The summed E-state index contributed by atoms with van der Waals surface area (Å²) < 4.78 is 0. The average Bonchev–Trinajstić information content (AvgIpc) is 2.75. The SMILES string of the molecule is Cc1cc(N2CCC(Cc3ccccc3)CC2)nc(N2CCN(C=O)CC2)n1. The maximum atomic E-state index is 10.9. The molecule has 2 aliphatic rings. The van der Waals surface area contributed by atoms with Crippen LogP contribution in [0.15, 0.2) is 36.4 Å². The van der Waals surface area contributed by atoms with Crippen molar-refractivity contribution in [3.8, 4) is 0 Å². The maximum absolute atomic E-state index is 10.9. The Morgan fingerprint density at radius 2 is 1.68 bits per heavy atom. The van der Waals surface area contributed by atoms with E-state index >= 15 is 0 Å². The molecule has 3 heterocycles. The van der Waals surface area contributed by atoms with Gasteiger partial charge in [0.25, 0.3) is 0 Å². The van der Waals surface area contributed by atoms with Crippen LogP contribution in [0.25, 0.3) is 0 Å². The van der Waals surface area contributed by atoms with E-state index in [1.807, 2.05) is 11.8 Å². The number of benzene rings is 1. The summed E-state index contributed by atoms with van der Waals surface area (Å²) in [5.41, 5.74) is 2.44. The monoisotopic (exact) mass is 379 g/mol. The highest BCUT2D eigenvalue weighted by molar-refractivity contribution is 5.50. The van der Waals surface area contributed by atoms with E-state index in [0.29, 0.717) is 0 Å². The molecule has 1 amide bonds. The molecule has 28 heavy (non-hydrogen) atoms. The van der Waals surface area contributed by atoms with E-state index in [9.17, 15) is 4.79 Å². The van der Waals surface area contributed by atoms with Crippen LogP contribution in [-0.2, 0) is 11.2 Å². The van der Waals surface area contributed by atoms with Crippen molar-refractivity contribution >= 4 is 18.2 Å². The summed E-state index contributed by atoms with van der Waals surface area (Å²) in [6.07, 6.45) is 4.50. The zero-order valence-corrected chi connectivity index (χ0v) is 16.6. The van der Waals surface area contributed by atoms with Gasteiger partial charge in [0.1, 0.15) is 5.82 Å². The zero-order valence-electron chi connectivity index (χ0n) is 16.6. The number of carbonyl (C=O) groups is 1. The topological polar surface area (TPSA) is 52.6 Å². The van der Waals surface area contributed by atoms with Gasteiger partial charge >= 0.3 is 0 Å². The molecular weight excluding hydrogens is 350 g/mol. The van der Waals surface area contributed by atoms with Gasteiger partial charge in [-0.1, -0.05) is 30.3 Å². The van der Waals surface area contributed by atoms with Crippen molar-refractivity contribution in [1.82, 2.24) is 14.9 Å². The number of hydrogen-bond donors (Lipinski definition) is 0. The minimum Gasteiger partial charge on any atom is -0.356 e. The van der Waals surface area contributed by atoms with Crippen molar-refractivity contribution in [1.29, 1.82) is 0 Å². The molecule has 0 unspecified atom stereocenters. The molecule has 0 saturated carbocycles. The quantitative estimate of drug-likeness (QED) is 0.747. The summed E-state index contributed by atoms with van der Waals surface area (Å²) in [7, 11) is 0. The molecule has 0 N–H and O–H groups in total. The van der Waals surface area contributed by atoms with Crippen LogP contribution < -0.4 is 9.80 Å². The first kappa shape index (κ1) is 18.7. The first-order valence-corrected chi connectivity index (χ1v) is 10.3. The van der Waals surface area contributed by atoms with E-state index < -0.39 is 0 Å². The Bertz CT molecular complexity index is 781. The number of rotatable bonds is 5. The second-order valence-electron chi connectivity index (χ2n) is 7.92. The predicted molar refractivity (Wildman–Crippen MR) is 112 cm³/mol. The normalized spacial score (nSPS) is 18.4. The molecule has 0 atom stereocenters. The van der Waals surface area contributed by atoms with Crippen molar-refractivity contribution < 1.29 is 4.79 Å². The van der Waals surface area contributed by atoms with Gasteiger partial charge in [-0.05, 0) is 37.7 Å². The molecule has 2 saturated heterocycles. The van der Waals surface area contributed by atoms with Gasteiger partial charge in [-0.3, -0.25) is 4.79 Å². The minimum atomic E-state index is 0.737. The number of aryl methyl sites for hydroxylation is 1. The van der Waals surface area contributed by atoms with E-state index in [1.165, 1.54) is 24.8 Å². The van der Waals surface area contributed by atoms with Crippen LogP contribution in [0.3, 0.4) is 0 Å². The predicted octanol–water partition coefficient (Wildman–Crippen LogP) is 2.52. The number of anilines is 2. The fraction of sp³-hybridized carbons (Fsp3) is 0.500. The van der Waals surface area contributed by atoms with Gasteiger partial charge in [0.05, 0.1) is 0 Å². The highest BCUT2D eigenvalue weighted by atomic mass is 16.1. The second-order valence-corrected chi connectivity index (χ2v) is 7.92. The van der Waals surface area contributed by atoms with Crippen LogP contribution in [0.4, 0.5) is 11.8 Å². The third-order valence-electron chi connectivity index (χ3n) is 5.88. The molecule has 0 bridgehead atoms. The molecule has 6 heteroatoms. The van der Waals surface area contributed by atoms with E-state index in [1.54, 1.807) is 0 Å². The Labute approximate surface area is 167 Å². The standard InChI is InChI=1S/C22H29N5O/c1-18-15-21(24-22(23-18)27-13-11-25(17-28)12-14-27)26-9-7-20(8-10-26)16-19-5-3-2-4-6-19/h2-6,15,17,20H,7-14,16H2,1H3. The Morgan fingerprint density at radius 3 is 2.36 bits per heavy atom. The van der Waals surface area contributed by atoms with Crippen LogP contribution in [0.2, 0.25) is 0 Å². The molecule has 148 valence electrons. The number of aromatic nitrogens is 2. The largest absolute Gasteiger partial charge is 0.356 e. The van der Waals surface area contributed by atoms with Crippen molar-refractivity contribution in [2.75, 3.05) is 49.1 Å². The Kier molecular flexibility index (Phi) is 5.74. The van der Waals surface area contributed by atoms with E-state index in [0.717, 1.165) is 69.1 Å². The first-order valence-electron chi connectivity index (χ1n) is 10.3. The summed E-state index contributed by atoms with van der Waals surface area (Å²) >= 11 is 0. The van der Waals surface area contributed by atoms with Crippen LogP contribution in [0, 0.1) is 12.8 Å². The lowest BCUT2D eigenvalue weighted by Gasteiger charge is -2.35. The van der Waals surface area contributed by atoms with E-state index in [4.69, 9.17) is 4.98 Å². The first-order chi connectivity index (χ1) is 13.7. The number of piperazine rings is 1. The number of amides is 1. The van der Waals surface area contributed by atoms with Gasteiger partial charge in [0.2, 0.25) is 12.4 Å². The van der Waals surface area contributed by atoms with Crippen molar-refractivity contribution in [3.05, 3.63) is 47.7 Å². The lowest BCUT2D eigenvalue weighted by Crippen LogP contribution is -2.46. The summed E-state index contributed by atoms with van der Waals surface area (Å²) in [4.78, 5) is 26.9. The number of carbonyl (C=O) groups excluding carboxylic acids is 1. The van der Waals surface area contributed by atoms with Gasteiger partial charge in [0, 0.05) is 51.0 Å². The summed E-state index contributed by atoms with van der Waals surface area (Å²) in [5.74, 6) is 2.59. The van der Waals surface area contributed by atoms with Gasteiger partial charge in [0.15, 0.2) is 0 Å². The lowest BCUT2D eigenvalue weighted by molar-refractivity contribution is -0.118. The third kappa shape index (κ3) is 4.43. The molecule has 0 aliphatic carbocycles. The molecule has 1 aromatic carbocycles. The fourth-order valence-electron chi connectivity index (χ4n) is 4.18. The molecule has 6 nitrogen and oxygen atoms in total. The highest BCUT2D eigenvalue weighted by Crippen LogP contribution is 2.26. The molecule has 1 aromatic heterocycles. The Hall–Kier alpha value is -2.63. The lowest BCUT2D eigenvalue weighted by atomic mass is 9.90. The Balaban J connectivity index is 1.38. The van der Waals surface area contributed by atoms with Crippen LogP contribution in [-0.4, -0.2) is 60.5 Å². The van der Waals surface area contributed by atoms with Crippen molar-refractivity contribution in [3.63, 3.8) is 0 Å². The van der Waals surface area contributed by atoms with Crippen LogP contribution >= 0.6 is 0 Å². The van der Waals surface area contributed by atoms with Gasteiger partial charge in [-0.25, -0.2) is 4.98 Å². The molecule has 2 fully saturated rings. The van der Waals surface area contributed by atoms with Gasteiger partial charge in [-0.15, -0.1) is 0 Å². The second kappa shape index (κ2) is 8.59. The van der Waals surface area contributed by atoms with Gasteiger partial charge < -0.3 is 14.7 Å². The number of piperidine rings is 1. The number of hydrogen-bond acceptors (Lipinski definition) is 5. The van der Waals surface area contributed by atoms with Gasteiger partial charge in [-0.2, -0.15) is 4.98 Å². The minimum absolute atomic E-state index is 0.737. The van der Waals surface area contributed by atoms with Crippen molar-refractivity contribution in [2.45, 2.75) is 26.2 Å². The molecule has 2 aromatic rings.